The lowest BCUT2D eigenvalue weighted by atomic mass is 9.88. The lowest BCUT2D eigenvalue weighted by Crippen LogP contribution is -2.34. The first-order valence-corrected chi connectivity index (χ1v) is 7.76. The Morgan fingerprint density at radius 2 is 1.95 bits per heavy atom. The highest BCUT2D eigenvalue weighted by Gasteiger charge is 2.17. The standard InChI is InChI=1S/C17H17BrFN/c18-16-8-5-12(9-17(16)19)11-20-15-7-6-13-3-1-2-4-14(13)10-15/h1-5,8-9,15,20H,6-7,10-11H2. The van der Waals surface area contributed by atoms with Crippen molar-refractivity contribution in [1.82, 2.24) is 5.32 Å². The summed E-state index contributed by atoms with van der Waals surface area (Å²) in [7, 11) is 0. The maximum atomic E-state index is 13.5. The average Bonchev–Trinajstić information content (AvgIpc) is 2.48. The largest absolute Gasteiger partial charge is 0.310 e. The van der Waals surface area contributed by atoms with Gasteiger partial charge in [0, 0.05) is 12.6 Å². The predicted octanol–water partition coefficient (Wildman–Crippen LogP) is 4.24. The third-order valence-corrected chi connectivity index (χ3v) is 4.57. The number of fused-ring (bicyclic) bond motifs is 1. The van der Waals surface area contributed by atoms with Crippen LogP contribution in [0, 0.1) is 5.82 Å². The van der Waals surface area contributed by atoms with Gasteiger partial charge in [0.05, 0.1) is 4.47 Å². The Bertz CT molecular complexity index is 612. The summed E-state index contributed by atoms with van der Waals surface area (Å²) in [5.74, 6) is -0.196. The predicted molar refractivity (Wildman–Crippen MR) is 83.2 cm³/mol. The summed E-state index contributed by atoms with van der Waals surface area (Å²) in [6, 6.07) is 14.4. The number of rotatable bonds is 3. The molecule has 1 aliphatic carbocycles. The first-order valence-electron chi connectivity index (χ1n) is 6.96. The first kappa shape index (κ1) is 13.8. The molecule has 1 nitrogen and oxygen atoms in total. The molecule has 1 unspecified atom stereocenters. The van der Waals surface area contributed by atoms with Crippen LogP contribution in [0.15, 0.2) is 46.9 Å². The summed E-state index contributed by atoms with van der Waals surface area (Å²) in [6.07, 6.45) is 3.34. The Labute approximate surface area is 127 Å². The topological polar surface area (TPSA) is 12.0 Å². The number of benzene rings is 2. The zero-order chi connectivity index (χ0) is 13.9. The lowest BCUT2D eigenvalue weighted by Gasteiger charge is -2.25. The van der Waals surface area contributed by atoms with Gasteiger partial charge in [0.25, 0.3) is 0 Å². The minimum atomic E-state index is -0.196. The van der Waals surface area contributed by atoms with Gasteiger partial charge in [0.1, 0.15) is 5.82 Å². The molecule has 0 spiro atoms. The third-order valence-electron chi connectivity index (χ3n) is 3.93. The van der Waals surface area contributed by atoms with Gasteiger partial charge in [0.15, 0.2) is 0 Å². The van der Waals surface area contributed by atoms with E-state index in [0.717, 1.165) is 31.4 Å². The van der Waals surface area contributed by atoms with Crippen molar-refractivity contribution in [2.75, 3.05) is 0 Å². The number of hydrogen-bond acceptors (Lipinski definition) is 1. The Balaban J connectivity index is 1.61. The summed E-state index contributed by atoms with van der Waals surface area (Å²) in [5.41, 5.74) is 3.91. The van der Waals surface area contributed by atoms with Crippen molar-refractivity contribution in [1.29, 1.82) is 0 Å². The van der Waals surface area contributed by atoms with Crippen LogP contribution in [-0.2, 0) is 19.4 Å². The molecule has 1 aliphatic rings. The minimum absolute atomic E-state index is 0.196. The van der Waals surface area contributed by atoms with Crippen molar-refractivity contribution in [2.45, 2.75) is 31.8 Å². The van der Waals surface area contributed by atoms with Gasteiger partial charge in [-0.3, -0.25) is 0 Å². The third kappa shape index (κ3) is 3.10. The molecular formula is C17H17BrFN. The van der Waals surface area contributed by atoms with E-state index in [4.69, 9.17) is 0 Å². The van der Waals surface area contributed by atoms with Gasteiger partial charge < -0.3 is 5.32 Å². The van der Waals surface area contributed by atoms with Gasteiger partial charge >= 0.3 is 0 Å². The summed E-state index contributed by atoms with van der Waals surface area (Å²) in [5, 5.41) is 3.54. The van der Waals surface area contributed by atoms with Gasteiger partial charge in [-0.15, -0.1) is 0 Å². The Kier molecular flexibility index (Phi) is 4.18. The average molecular weight is 334 g/mol. The van der Waals surface area contributed by atoms with E-state index in [0.29, 0.717) is 10.5 Å². The molecule has 0 radical (unpaired) electrons. The first-order chi connectivity index (χ1) is 9.72. The zero-order valence-corrected chi connectivity index (χ0v) is 12.8. The van der Waals surface area contributed by atoms with E-state index in [2.05, 4.69) is 45.5 Å². The molecule has 1 N–H and O–H groups in total. The molecule has 0 fully saturated rings. The Morgan fingerprint density at radius 1 is 1.15 bits per heavy atom. The molecule has 2 aromatic carbocycles. The second-order valence-electron chi connectivity index (χ2n) is 5.34. The summed E-state index contributed by atoms with van der Waals surface area (Å²) >= 11 is 3.18. The van der Waals surface area contributed by atoms with Crippen molar-refractivity contribution in [3.05, 3.63) is 69.4 Å². The molecule has 0 saturated heterocycles. The maximum Gasteiger partial charge on any atom is 0.137 e. The van der Waals surface area contributed by atoms with E-state index in [-0.39, 0.29) is 5.82 Å². The van der Waals surface area contributed by atoms with Crippen LogP contribution in [0.2, 0.25) is 0 Å². The normalized spacial score (nSPS) is 17.8. The molecule has 0 saturated carbocycles. The van der Waals surface area contributed by atoms with Crippen molar-refractivity contribution >= 4 is 15.9 Å². The van der Waals surface area contributed by atoms with E-state index >= 15 is 0 Å². The van der Waals surface area contributed by atoms with E-state index in [1.54, 1.807) is 12.1 Å². The smallest absolute Gasteiger partial charge is 0.137 e. The van der Waals surface area contributed by atoms with Crippen molar-refractivity contribution in [2.24, 2.45) is 0 Å². The summed E-state index contributed by atoms with van der Waals surface area (Å²) in [6.45, 7) is 0.719. The molecule has 1 atom stereocenters. The molecule has 3 rings (SSSR count). The van der Waals surface area contributed by atoms with E-state index in [1.165, 1.54) is 11.1 Å². The van der Waals surface area contributed by atoms with Crippen LogP contribution in [0.1, 0.15) is 23.1 Å². The van der Waals surface area contributed by atoms with Crippen LogP contribution in [0.3, 0.4) is 0 Å². The molecule has 0 amide bonds. The number of halogens is 2. The Hall–Kier alpha value is -1.19. The van der Waals surface area contributed by atoms with Crippen LogP contribution in [0.5, 0.6) is 0 Å². The fourth-order valence-corrected chi connectivity index (χ4v) is 3.03. The fourth-order valence-electron chi connectivity index (χ4n) is 2.78. The molecule has 0 heterocycles. The van der Waals surface area contributed by atoms with Crippen molar-refractivity contribution in [3.63, 3.8) is 0 Å². The SMILES string of the molecule is Fc1cc(CNC2CCc3ccccc3C2)ccc1Br. The number of aryl methyl sites for hydroxylation is 1. The molecule has 20 heavy (non-hydrogen) atoms. The molecule has 2 aromatic rings. The van der Waals surface area contributed by atoms with E-state index < -0.39 is 0 Å². The second kappa shape index (κ2) is 6.06. The van der Waals surface area contributed by atoms with Crippen LogP contribution in [0.4, 0.5) is 4.39 Å². The van der Waals surface area contributed by atoms with Gasteiger partial charge in [-0.2, -0.15) is 0 Å². The second-order valence-corrected chi connectivity index (χ2v) is 6.19. The quantitative estimate of drug-likeness (QED) is 0.886. The molecule has 0 bridgehead atoms. The molecule has 3 heteroatoms. The maximum absolute atomic E-state index is 13.5. The summed E-state index contributed by atoms with van der Waals surface area (Å²) in [4.78, 5) is 0. The van der Waals surface area contributed by atoms with Crippen LogP contribution >= 0.6 is 15.9 Å². The fraction of sp³-hybridized carbons (Fsp3) is 0.294. The number of hydrogen-bond donors (Lipinski definition) is 1. The highest BCUT2D eigenvalue weighted by Crippen LogP contribution is 2.22. The highest BCUT2D eigenvalue weighted by molar-refractivity contribution is 9.10. The van der Waals surface area contributed by atoms with Crippen LogP contribution < -0.4 is 5.32 Å². The zero-order valence-electron chi connectivity index (χ0n) is 11.2. The monoisotopic (exact) mass is 333 g/mol. The number of nitrogens with one attached hydrogen (secondary N) is 1. The van der Waals surface area contributed by atoms with E-state index in [1.807, 2.05) is 6.07 Å². The van der Waals surface area contributed by atoms with Crippen LogP contribution in [-0.4, -0.2) is 6.04 Å². The molecule has 0 aromatic heterocycles. The van der Waals surface area contributed by atoms with Crippen LogP contribution in [0.25, 0.3) is 0 Å². The van der Waals surface area contributed by atoms with Gasteiger partial charge in [-0.05, 0) is 64.0 Å². The van der Waals surface area contributed by atoms with Gasteiger partial charge in [0.2, 0.25) is 0 Å². The highest BCUT2D eigenvalue weighted by atomic mass is 79.9. The molecule has 0 aliphatic heterocycles. The summed E-state index contributed by atoms with van der Waals surface area (Å²) < 4.78 is 14.0. The molecular weight excluding hydrogens is 317 g/mol. The van der Waals surface area contributed by atoms with E-state index in [9.17, 15) is 4.39 Å². The minimum Gasteiger partial charge on any atom is -0.310 e. The van der Waals surface area contributed by atoms with Gasteiger partial charge in [-0.25, -0.2) is 4.39 Å². The molecule has 104 valence electrons. The van der Waals surface area contributed by atoms with Crippen molar-refractivity contribution < 1.29 is 4.39 Å². The lowest BCUT2D eigenvalue weighted by molar-refractivity contribution is 0.457. The van der Waals surface area contributed by atoms with Gasteiger partial charge in [-0.1, -0.05) is 30.3 Å². The van der Waals surface area contributed by atoms with Crippen molar-refractivity contribution in [3.8, 4) is 0 Å². The Morgan fingerprint density at radius 3 is 2.75 bits per heavy atom.